The topological polar surface area (TPSA) is 15.3 Å². The predicted molar refractivity (Wildman–Crippen MR) is 82.7 cm³/mol. The highest BCUT2D eigenvalue weighted by Gasteiger charge is 2.10. The van der Waals surface area contributed by atoms with Crippen LogP contribution in [0.25, 0.3) is 0 Å². The van der Waals surface area contributed by atoms with Crippen LogP contribution in [0.15, 0.2) is 54.6 Å². The van der Waals surface area contributed by atoms with Crippen molar-refractivity contribution in [3.05, 3.63) is 65.7 Å². The molecule has 2 nitrogen and oxygen atoms in total. The van der Waals surface area contributed by atoms with Gasteiger partial charge in [-0.2, -0.15) is 0 Å². The Morgan fingerprint density at radius 2 is 1.74 bits per heavy atom. The molecule has 19 heavy (non-hydrogen) atoms. The van der Waals surface area contributed by atoms with Crippen molar-refractivity contribution in [3.63, 3.8) is 0 Å². The molecule has 2 aromatic rings. The Bertz CT molecular complexity index is 506. The van der Waals surface area contributed by atoms with Crippen LogP contribution in [0.1, 0.15) is 17.2 Å². The van der Waals surface area contributed by atoms with Crippen LogP contribution in [-0.4, -0.2) is 21.1 Å². The normalized spacial score (nSPS) is 12.2. The van der Waals surface area contributed by atoms with Crippen LogP contribution in [0, 0.1) is 0 Å². The van der Waals surface area contributed by atoms with Crippen molar-refractivity contribution < 1.29 is 0 Å². The fourth-order valence-electron chi connectivity index (χ4n) is 2.26. The molecule has 0 bridgehead atoms. The minimum absolute atomic E-state index is 0.349. The van der Waals surface area contributed by atoms with Crippen molar-refractivity contribution >= 4 is 5.69 Å². The summed E-state index contributed by atoms with van der Waals surface area (Å²) in [6.45, 7) is 0. The number of hydrogen-bond donors (Lipinski definition) is 1. The molecular formula is C17H22N2. The van der Waals surface area contributed by atoms with Crippen LogP contribution in [0.5, 0.6) is 0 Å². The third-order valence-electron chi connectivity index (χ3n) is 3.42. The summed E-state index contributed by atoms with van der Waals surface area (Å²) in [6.07, 6.45) is 1.01. The summed E-state index contributed by atoms with van der Waals surface area (Å²) < 4.78 is 0. The van der Waals surface area contributed by atoms with Crippen LogP contribution < -0.4 is 10.2 Å². The zero-order valence-electron chi connectivity index (χ0n) is 11.9. The highest BCUT2D eigenvalue weighted by Crippen LogP contribution is 2.22. The first-order valence-electron chi connectivity index (χ1n) is 6.69. The molecule has 2 heteroatoms. The van der Waals surface area contributed by atoms with E-state index in [9.17, 15) is 0 Å². The van der Waals surface area contributed by atoms with Gasteiger partial charge in [-0.3, -0.25) is 0 Å². The summed E-state index contributed by atoms with van der Waals surface area (Å²) in [5.74, 6) is 0. The molecule has 100 valence electrons. The minimum atomic E-state index is 0.349. The monoisotopic (exact) mass is 254 g/mol. The van der Waals surface area contributed by atoms with Crippen LogP contribution in [0.4, 0.5) is 5.69 Å². The molecule has 1 N–H and O–H groups in total. The van der Waals surface area contributed by atoms with Gasteiger partial charge < -0.3 is 10.2 Å². The largest absolute Gasteiger partial charge is 0.378 e. The second kappa shape index (κ2) is 6.39. The number of benzene rings is 2. The summed E-state index contributed by atoms with van der Waals surface area (Å²) in [5, 5.41) is 3.41. The molecule has 0 saturated heterocycles. The lowest BCUT2D eigenvalue weighted by molar-refractivity contribution is 0.592. The average Bonchev–Trinajstić information content (AvgIpc) is 2.46. The van der Waals surface area contributed by atoms with Gasteiger partial charge in [0, 0.05) is 25.8 Å². The zero-order chi connectivity index (χ0) is 13.7. The molecule has 0 aliphatic rings. The summed E-state index contributed by atoms with van der Waals surface area (Å²) in [4.78, 5) is 2.14. The van der Waals surface area contributed by atoms with E-state index in [4.69, 9.17) is 0 Å². The molecule has 0 saturated carbocycles. The first-order chi connectivity index (χ1) is 9.20. The molecular weight excluding hydrogens is 232 g/mol. The van der Waals surface area contributed by atoms with Gasteiger partial charge in [0.1, 0.15) is 0 Å². The summed E-state index contributed by atoms with van der Waals surface area (Å²) >= 11 is 0. The Morgan fingerprint density at radius 1 is 1.00 bits per heavy atom. The Labute approximate surface area is 116 Å². The Balaban J connectivity index is 2.20. The third kappa shape index (κ3) is 3.58. The lowest BCUT2D eigenvalue weighted by Gasteiger charge is -2.20. The van der Waals surface area contributed by atoms with Crippen LogP contribution in [0.2, 0.25) is 0 Å². The van der Waals surface area contributed by atoms with Gasteiger partial charge in [0.2, 0.25) is 0 Å². The molecule has 2 aromatic carbocycles. The number of anilines is 1. The Morgan fingerprint density at radius 3 is 2.37 bits per heavy atom. The van der Waals surface area contributed by atoms with Gasteiger partial charge in [0.25, 0.3) is 0 Å². The molecule has 0 aromatic heterocycles. The van der Waals surface area contributed by atoms with Gasteiger partial charge in [-0.25, -0.2) is 0 Å². The molecule has 0 heterocycles. The van der Waals surface area contributed by atoms with Crippen molar-refractivity contribution in [1.29, 1.82) is 0 Å². The van der Waals surface area contributed by atoms with Gasteiger partial charge in [-0.1, -0.05) is 42.5 Å². The maximum Gasteiger partial charge on any atom is 0.0364 e. The highest BCUT2D eigenvalue weighted by atomic mass is 15.1. The maximum absolute atomic E-state index is 3.41. The van der Waals surface area contributed by atoms with Crippen molar-refractivity contribution in [2.75, 3.05) is 26.0 Å². The first kappa shape index (κ1) is 13.6. The highest BCUT2D eigenvalue weighted by molar-refractivity contribution is 5.48. The van der Waals surface area contributed by atoms with Crippen molar-refractivity contribution in [2.45, 2.75) is 12.5 Å². The van der Waals surface area contributed by atoms with Crippen LogP contribution >= 0.6 is 0 Å². The maximum atomic E-state index is 3.41. The summed E-state index contributed by atoms with van der Waals surface area (Å²) in [5.41, 5.74) is 3.93. The Kier molecular flexibility index (Phi) is 4.58. The number of likely N-dealkylation sites (N-methyl/N-ethyl adjacent to an activating group) is 1. The molecule has 0 fully saturated rings. The molecule has 0 amide bonds. The minimum Gasteiger partial charge on any atom is -0.378 e. The van der Waals surface area contributed by atoms with E-state index in [0.717, 1.165) is 6.42 Å². The van der Waals surface area contributed by atoms with Gasteiger partial charge in [-0.15, -0.1) is 0 Å². The van der Waals surface area contributed by atoms with E-state index in [1.54, 1.807) is 0 Å². The van der Waals surface area contributed by atoms with Gasteiger partial charge >= 0.3 is 0 Å². The van der Waals surface area contributed by atoms with E-state index < -0.39 is 0 Å². The van der Waals surface area contributed by atoms with E-state index >= 15 is 0 Å². The lowest BCUT2D eigenvalue weighted by atomic mass is 9.98. The molecule has 1 atom stereocenters. The number of nitrogens with zero attached hydrogens (tertiary/aromatic N) is 1. The van der Waals surface area contributed by atoms with E-state index in [0.29, 0.717) is 6.04 Å². The molecule has 2 rings (SSSR count). The van der Waals surface area contributed by atoms with Gasteiger partial charge in [-0.05, 0) is 36.7 Å². The first-order valence-corrected chi connectivity index (χ1v) is 6.69. The fourth-order valence-corrected chi connectivity index (χ4v) is 2.26. The zero-order valence-corrected chi connectivity index (χ0v) is 11.9. The van der Waals surface area contributed by atoms with Crippen LogP contribution in [0.3, 0.4) is 0 Å². The second-order valence-corrected chi connectivity index (χ2v) is 5.02. The standard InChI is InChI=1S/C17H22N2/c1-18-17(12-14-8-5-4-6-9-14)15-10-7-11-16(13-15)19(2)3/h4-11,13,17-18H,12H2,1-3H3. The third-order valence-corrected chi connectivity index (χ3v) is 3.42. The number of nitrogens with one attached hydrogen (secondary N) is 1. The summed E-state index contributed by atoms with van der Waals surface area (Å²) in [6, 6.07) is 19.7. The number of hydrogen-bond acceptors (Lipinski definition) is 2. The SMILES string of the molecule is CNC(Cc1ccccc1)c1cccc(N(C)C)c1. The van der Waals surface area contributed by atoms with Gasteiger partial charge in [0.05, 0.1) is 0 Å². The van der Waals surface area contributed by atoms with E-state index in [1.807, 2.05) is 7.05 Å². The van der Waals surface area contributed by atoms with Crippen LogP contribution in [-0.2, 0) is 6.42 Å². The summed E-state index contributed by atoms with van der Waals surface area (Å²) in [7, 11) is 6.17. The fraction of sp³-hybridized carbons (Fsp3) is 0.294. The van der Waals surface area contributed by atoms with Gasteiger partial charge in [0.15, 0.2) is 0 Å². The van der Waals surface area contributed by atoms with E-state index in [1.165, 1.54) is 16.8 Å². The van der Waals surface area contributed by atoms with Crippen molar-refractivity contribution in [3.8, 4) is 0 Å². The predicted octanol–water partition coefficient (Wildman–Crippen LogP) is 3.26. The molecule has 0 spiro atoms. The number of rotatable bonds is 5. The Hall–Kier alpha value is -1.80. The second-order valence-electron chi connectivity index (χ2n) is 5.02. The molecule has 0 radical (unpaired) electrons. The smallest absolute Gasteiger partial charge is 0.0364 e. The lowest BCUT2D eigenvalue weighted by Crippen LogP contribution is -2.19. The molecule has 0 aliphatic carbocycles. The van der Waals surface area contributed by atoms with Crippen molar-refractivity contribution in [1.82, 2.24) is 5.32 Å². The molecule has 1 unspecified atom stereocenters. The van der Waals surface area contributed by atoms with Crippen molar-refractivity contribution in [2.24, 2.45) is 0 Å². The van der Waals surface area contributed by atoms with E-state index in [-0.39, 0.29) is 0 Å². The molecule has 0 aliphatic heterocycles. The quantitative estimate of drug-likeness (QED) is 0.881. The average molecular weight is 254 g/mol. The van der Waals surface area contributed by atoms with E-state index in [2.05, 4.69) is 78.9 Å².